The first-order valence-corrected chi connectivity index (χ1v) is 13.8. The lowest BCUT2D eigenvalue weighted by atomic mass is 10.1. The van der Waals surface area contributed by atoms with E-state index in [0.717, 1.165) is 49.8 Å². The summed E-state index contributed by atoms with van der Waals surface area (Å²) in [5.41, 5.74) is 2.64. The van der Waals surface area contributed by atoms with Crippen LogP contribution in [-0.2, 0) is 16.6 Å². The summed E-state index contributed by atoms with van der Waals surface area (Å²) in [6.07, 6.45) is 4.62. The van der Waals surface area contributed by atoms with Crippen molar-refractivity contribution < 1.29 is 13.2 Å². The molecule has 1 unspecified atom stereocenters. The van der Waals surface area contributed by atoms with Crippen LogP contribution in [-0.4, -0.2) is 72.2 Å². The van der Waals surface area contributed by atoms with E-state index < -0.39 is 10.0 Å². The molecule has 3 aromatic rings. The normalized spacial score (nSPS) is 20.3. The maximum absolute atomic E-state index is 13.2. The lowest BCUT2D eigenvalue weighted by Gasteiger charge is -2.35. The van der Waals surface area contributed by atoms with Crippen molar-refractivity contribution in [1.82, 2.24) is 19.1 Å². The highest BCUT2D eigenvalue weighted by molar-refractivity contribution is 7.89. The number of para-hydroxylation sites is 1. The fraction of sp³-hybridized carbons (Fsp3) is 0.407. The van der Waals surface area contributed by atoms with Crippen molar-refractivity contribution in [3.8, 4) is 0 Å². The topological polar surface area (TPSA) is 73.8 Å². The first-order valence-electron chi connectivity index (χ1n) is 12.4. The fourth-order valence-electron chi connectivity index (χ4n) is 5.18. The highest BCUT2D eigenvalue weighted by atomic mass is 32.2. The predicted octanol–water partition coefficient (Wildman–Crippen LogP) is 3.76. The molecular weight excluding hydrogens is 460 g/mol. The number of pyridine rings is 1. The van der Waals surface area contributed by atoms with Crippen LogP contribution in [0.5, 0.6) is 0 Å². The summed E-state index contributed by atoms with van der Waals surface area (Å²) in [7, 11) is -3.61. The Morgan fingerprint density at radius 2 is 1.74 bits per heavy atom. The molecule has 7 nitrogen and oxygen atoms in total. The largest absolute Gasteiger partial charge is 0.336 e. The number of nitrogens with zero attached hydrogens (tertiary/aromatic N) is 4. The Balaban J connectivity index is 1.25. The van der Waals surface area contributed by atoms with Crippen molar-refractivity contribution in [2.24, 2.45) is 0 Å². The molecule has 0 radical (unpaired) electrons. The minimum atomic E-state index is -3.61. The number of rotatable bonds is 5. The Kier molecular flexibility index (Phi) is 6.86. The molecule has 0 spiro atoms. The van der Waals surface area contributed by atoms with Gasteiger partial charge in [0.15, 0.2) is 0 Å². The molecule has 2 saturated heterocycles. The van der Waals surface area contributed by atoms with E-state index in [4.69, 9.17) is 0 Å². The number of aromatic nitrogens is 1. The van der Waals surface area contributed by atoms with Gasteiger partial charge in [-0.05, 0) is 49.6 Å². The van der Waals surface area contributed by atoms with Gasteiger partial charge in [-0.15, -0.1) is 0 Å². The van der Waals surface area contributed by atoms with Crippen LogP contribution in [0.2, 0.25) is 0 Å². The lowest BCUT2D eigenvalue weighted by molar-refractivity contribution is 0.0628. The van der Waals surface area contributed by atoms with Crippen molar-refractivity contribution in [2.75, 3.05) is 32.7 Å². The van der Waals surface area contributed by atoms with E-state index in [0.29, 0.717) is 25.2 Å². The Hall–Kier alpha value is -2.81. The first-order chi connectivity index (χ1) is 16.9. The smallest absolute Gasteiger partial charge is 0.253 e. The van der Waals surface area contributed by atoms with Gasteiger partial charge in [-0.1, -0.05) is 36.8 Å². The maximum Gasteiger partial charge on any atom is 0.253 e. The Bertz CT molecular complexity index is 1310. The van der Waals surface area contributed by atoms with Crippen LogP contribution in [0.1, 0.15) is 42.1 Å². The van der Waals surface area contributed by atoms with E-state index in [9.17, 15) is 13.2 Å². The molecule has 5 rings (SSSR count). The summed E-state index contributed by atoms with van der Waals surface area (Å²) in [5, 5.41) is 1.13. The summed E-state index contributed by atoms with van der Waals surface area (Å²) in [5.74, 6) is -0.111. The molecule has 2 aromatic carbocycles. The highest BCUT2D eigenvalue weighted by Gasteiger charge is 2.32. The minimum Gasteiger partial charge on any atom is -0.336 e. The third-order valence-corrected chi connectivity index (χ3v) is 9.21. The molecule has 1 aromatic heterocycles. The summed E-state index contributed by atoms with van der Waals surface area (Å²) < 4.78 is 28.1. The third-order valence-electron chi connectivity index (χ3n) is 7.20. The number of carbonyl (C=O) groups is 1. The molecular formula is C27H32N4O3S. The molecule has 184 valence electrons. The summed E-state index contributed by atoms with van der Waals surface area (Å²) in [6.45, 7) is 6.03. The minimum absolute atomic E-state index is 0.0156. The number of hydrogen-bond acceptors (Lipinski definition) is 5. The van der Waals surface area contributed by atoms with Crippen LogP contribution in [0.15, 0.2) is 65.7 Å². The van der Waals surface area contributed by atoms with E-state index in [1.807, 2.05) is 24.1 Å². The van der Waals surface area contributed by atoms with Gasteiger partial charge in [-0.25, -0.2) is 8.42 Å². The second kappa shape index (κ2) is 10.0. The van der Waals surface area contributed by atoms with Crippen LogP contribution >= 0.6 is 0 Å². The van der Waals surface area contributed by atoms with Gasteiger partial charge in [-0.3, -0.25) is 14.7 Å². The van der Waals surface area contributed by atoms with Gasteiger partial charge < -0.3 is 4.90 Å². The van der Waals surface area contributed by atoms with Crippen LogP contribution in [0.4, 0.5) is 0 Å². The van der Waals surface area contributed by atoms with Crippen LogP contribution in [0, 0.1) is 0 Å². The molecule has 2 aliphatic heterocycles. The van der Waals surface area contributed by atoms with E-state index in [2.05, 4.69) is 34.1 Å². The van der Waals surface area contributed by atoms with E-state index in [1.165, 1.54) is 5.56 Å². The fourth-order valence-corrected chi connectivity index (χ4v) is 6.93. The van der Waals surface area contributed by atoms with E-state index >= 15 is 0 Å². The van der Waals surface area contributed by atoms with E-state index in [-0.39, 0.29) is 16.8 Å². The van der Waals surface area contributed by atoms with Crippen molar-refractivity contribution in [3.63, 3.8) is 0 Å². The van der Waals surface area contributed by atoms with Crippen LogP contribution in [0.3, 0.4) is 0 Å². The SMILES string of the molecule is CC1CCCCN1S(=O)(=O)c1cccc(C(=O)N2CCN(Cc3cccc4cccnc34)CC2)c1. The monoisotopic (exact) mass is 492 g/mol. The second-order valence-corrected chi connectivity index (χ2v) is 11.4. The van der Waals surface area contributed by atoms with Gasteiger partial charge >= 0.3 is 0 Å². The van der Waals surface area contributed by atoms with Gasteiger partial charge in [0.1, 0.15) is 0 Å². The molecule has 0 saturated carbocycles. The third kappa shape index (κ3) is 4.96. The van der Waals surface area contributed by atoms with Gasteiger partial charge in [0, 0.05) is 62.5 Å². The summed E-state index contributed by atoms with van der Waals surface area (Å²) in [4.78, 5) is 22.2. The molecule has 0 aliphatic carbocycles. The van der Waals surface area contributed by atoms with Gasteiger partial charge in [0.05, 0.1) is 10.4 Å². The Labute approximate surface area is 207 Å². The first kappa shape index (κ1) is 23.9. The average molecular weight is 493 g/mol. The number of amides is 1. The summed E-state index contributed by atoms with van der Waals surface area (Å²) in [6, 6.07) is 16.8. The van der Waals surface area contributed by atoms with Crippen molar-refractivity contribution >= 4 is 26.8 Å². The summed E-state index contributed by atoms with van der Waals surface area (Å²) >= 11 is 0. The zero-order valence-corrected chi connectivity index (χ0v) is 21.0. The van der Waals surface area contributed by atoms with Gasteiger partial charge in [0.2, 0.25) is 10.0 Å². The number of benzene rings is 2. The number of carbonyl (C=O) groups excluding carboxylic acids is 1. The average Bonchev–Trinajstić information content (AvgIpc) is 2.89. The molecule has 0 N–H and O–H groups in total. The molecule has 0 bridgehead atoms. The van der Waals surface area contributed by atoms with Crippen molar-refractivity contribution in [1.29, 1.82) is 0 Å². The molecule has 3 heterocycles. The van der Waals surface area contributed by atoms with Crippen LogP contribution in [0.25, 0.3) is 10.9 Å². The Morgan fingerprint density at radius 1 is 0.971 bits per heavy atom. The van der Waals surface area contributed by atoms with Gasteiger partial charge in [-0.2, -0.15) is 4.31 Å². The molecule has 1 amide bonds. The molecule has 35 heavy (non-hydrogen) atoms. The second-order valence-electron chi connectivity index (χ2n) is 9.55. The lowest BCUT2D eigenvalue weighted by Crippen LogP contribution is -2.48. The quantitative estimate of drug-likeness (QED) is 0.542. The highest BCUT2D eigenvalue weighted by Crippen LogP contribution is 2.26. The Morgan fingerprint density at radius 3 is 2.54 bits per heavy atom. The van der Waals surface area contributed by atoms with Crippen molar-refractivity contribution in [3.05, 3.63) is 71.9 Å². The van der Waals surface area contributed by atoms with Gasteiger partial charge in [0.25, 0.3) is 5.91 Å². The number of hydrogen-bond donors (Lipinski definition) is 0. The zero-order chi connectivity index (χ0) is 24.4. The van der Waals surface area contributed by atoms with Crippen molar-refractivity contribution in [2.45, 2.75) is 43.7 Å². The molecule has 1 atom stereocenters. The molecule has 2 fully saturated rings. The molecule has 8 heteroatoms. The number of piperidine rings is 1. The number of fused-ring (bicyclic) bond motifs is 1. The van der Waals surface area contributed by atoms with E-state index in [1.54, 1.807) is 28.6 Å². The maximum atomic E-state index is 13.2. The predicted molar refractivity (Wildman–Crippen MR) is 137 cm³/mol. The van der Waals surface area contributed by atoms with Crippen LogP contribution < -0.4 is 0 Å². The zero-order valence-electron chi connectivity index (χ0n) is 20.1. The standard InChI is InChI=1S/C27H32N4O3S/c1-21-7-2-3-14-31(21)35(33,34)25-12-5-9-23(19-25)27(32)30-17-15-29(16-18-30)20-24-10-4-8-22-11-6-13-28-26(22)24/h4-6,8-13,19,21H,2-3,7,14-18,20H2,1H3. The number of piperazine rings is 1. The molecule has 2 aliphatic rings. The number of sulfonamides is 1.